The van der Waals surface area contributed by atoms with Crippen molar-refractivity contribution >= 4 is 33.2 Å². The van der Waals surface area contributed by atoms with Crippen LogP contribution in [0.3, 0.4) is 0 Å². The molecule has 1 amide bonds. The van der Waals surface area contributed by atoms with Crippen LogP contribution in [0.5, 0.6) is 5.75 Å². The number of hydrogen-bond acceptors (Lipinski definition) is 6. The number of amides is 1. The molecule has 1 saturated carbocycles. The van der Waals surface area contributed by atoms with Crippen LogP contribution in [0.4, 0.5) is 5.69 Å². The minimum absolute atomic E-state index is 0.112. The number of hydrogen-bond donors (Lipinski definition) is 2. The summed E-state index contributed by atoms with van der Waals surface area (Å²) in [5, 5.41) is 11.1. The van der Waals surface area contributed by atoms with Crippen molar-refractivity contribution in [3.05, 3.63) is 58.1 Å². The van der Waals surface area contributed by atoms with E-state index in [9.17, 15) is 18.3 Å². The summed E-state index contributed by atoms with van der Waals surface area (Å²) < 4.78 is 34.7. The Balaban J connectivity index is 1.52. The second kappa shape index (κ2) is 12.9. The zero-order valence-electron chi connectivity index (χ0n) is 24.1. The molecule has 1 fully saturated rings. The van der Waals surface area contributed by atoms with Gasteiger partial charge in [-0.25, -0.2) is 13.1 Å². The summed E-state index contributed by atoms with van der Waals surface area (Å²) in [4.78, 5) is 15.6. The normalized spacial score (nSPS) is 29.0. The molecule has 0 unspecified atom stereocenters. The number of ether oxygens (including phenoxy) is 1. The maximum Gasteiger partial charge on any atom is 0.264 e. The molecule has 3 aliphatic rings. The van der Waals surface area contributed by atoms with Crippen molar-refractivity contribution in [1.29, 1.82) is 0 Å². The molecule has 5 rings (SSSR count). The first kappa shape index (κ1) is 30.2. The van der Waals surface area contributed by atoms with Gasteiger partial charge in [-0.2, -0.15) is 0 Å². The number of aliphatic hydroxyl groups is 1. The molecular weight excluding hydrogens is 560 g/mol. The highest BCUT2D eigenvalue weighted by Gasteiger charge is 2.38. The summed E-state index contributed by atoms with van der Waals surface area (Å²) >= 11 is 6.31. The van der Waals surface area contributed by atoms with E-state index in [1.807, 2.05) is 25.1 Å². The van der Waals surface area contributed by atoms with Crippen LogP contribution in [0, 0.1) is 29.6 Å². The number of nitrogens with zero attached hydrogens (tertiary/aromatic N) is 1. The topological polar surface area (TPSA) is 95.9 Å². The molecule has 7 nitrogen and oxygen atoms in total. The molecule has 2 heterocycles. The minimum atomic E-state index is -3.82. The highest BCUT2D eigenvalue weighted by atomic mass is 35.5. The fourth-order valence-electron chi connectivity index (χ4n) is 6.76. The Bertz CT molecular complexity index is 1350. The SMILES string of the molecule is C[C@@H]1CS(=O)(=O)NC(=O)c2ccc3c(c2)N(CCCCc2cc(Cl)ccc2CO3)C[C@@H]2CC[C@H]2[C@@H](CO)CC[C@@H]1C. The third-order valence-electron chi connectivity index (χ3n) is 9.70. The predicted octanol–water partition coefficient (Wildman–Crippen LogP) is 5.82. The number of benzene rings is 2. The van der Waals surface area contributed by atoms with E-state index in [0.717, 1.165) is 69.3 Å². The molecule has 9 heteroatoms. The number of anilines is 1. The Morgan fingerprint density at radius 2 is 1.85 bits per heavy atom. The first-order valence-corrected chi connectivity index (χ1v) is 17.1. The number of aliphatic hydroxyl groups excluding tert-OH is 1. The van der Waals surface area contributed by atoms with Crippen LogP contribution in [0.15, 0.2) is 36.4 Å². The van der Waals surface area contributed by atoms with Gasteiger partial charge in [-0.1, -0.05) is 37.9 Å². The average Bonchev–Trinajstić information content (AvgIpc) is 2.95. The van der Waals surface area contributed by atoms with Crippen LogP contribution in [0.25, 0.3) is 0 Å². The number of carbonyl (C=O) groups is 1. The first-order chi connectivity index (χ1) is 19.6. The number of fused-ring (bicyclic) bond motifs is 3. The lowest BCUT2D eigenvalue weighted by atomic mass is 9.65. The highest BCUT2D eigenvalue weighted by molar-refractivity contribution is 7.90. The standard InChI is InChI=1S/C32H43ClN2O5S/c1-21-6-7-26(18-36)29-12-9-25(29)17-35-14-4-3-5-23-15-28(33)11-8-27(23)19-40-31-13-10-24(16-30(31)35)32(37)34-41(38,39)20-22(21)2/h8,10-11,13,15-16,21-22,25-26,29,36H,3-7,9,12,14,17-20H2,1-2H3,(H,34,37)/t21-,22+,25-,26+,29+/m0/s1. The second-order valence-electron chi connectivity index (χ2n) is 12.5. The van der Waals surface area contributed by atoms with Crippen molar-refractivity contribution in [3.63, 3.8) is 0 Å². The van der Waals surface area contributed by atoms with Gasteiger partial charge in [-0.15, -0.1) is 0 Å². The molecule has 224 valence electrons. The number of rotatable bonds is 1. The largest absolute Gasteiger partial charge is 0.487 e. The van der Waals surface area contributed by atoms with E-state index in [-0.39, 0.29) is 30.1 Å². The molecule has 2 aromatic rings. The quantitative estimate of drug-likeness (QED) is 0.427. The van der Waals surface area contributed by atoms with Crippen LogP contribution in [-0.4, -0.2) is 44.9 Å². The molecule has 0 radical (unpaired) electrons. The van der Waals surface area contributed by atoms with Crippen LogP contribution >= 0.6 is 11.6 Å². The van der Waals surface area contributed by atoms with Crippen LogP contribution in [0.2, 0.25) is 5.02 Å². The molecular formula is C32H43ClN2O5S. The number of sulfonamides is 1. The number of halogens is 1. The van der Waals surface area contributed by atoms with E-state index in [1.165, 1.54) is 5.56 Å². The Hall–Kier alpha value is -2.29. The molecule has 0 spiro atoms. The van der Waals surface area contributed by atoms with E-state index < -0.39 is 15.9 Å². The van der Waals surface area contributed by atoms with E-state index in [1.54, 1.807) is 18.2 Å². The van der Waals surface area contributed by atoms with Gasteiger partial charge in [-0.3, -0.25) is 4.79 Å². The lowest BCUT2D eigenvalue weighted by molar-refractivity contribution is 0.0549. The second-order valence-corrected chi connectivity index (χ2v) is 14.7. The summed E-state index contributed by atoms with van der Waals surface area (Å²) in [5.41, 5.74) is 3.39. The van der Waals surface area contributed by atoms with Crippen LogP contribution in [0.1, 0.15) is 73.9 Å². The number of nitrogens with one attached hydrogen (secondary N) is 1. The maximum atomic E-state index is 13.2. The number of aryl methyl sites for hydroxylation is 1. The van der Waals surface area contributed by atoms with Gasteiger partial charge in [0.25, 0.3) is 5.91 Å². The van der Waals surface area contributed by atoms with E-state index in [2.05, 4.69) is 16.5 Å². The van der Waals surface area contributed by atoms with E-state index in [0.29, 0.717) is 34.8 Å². The molecule has 1 aliphatic carbocycles. The van der Waals surface area contributed by atoms with Crippen LogP contribution < -0.4 is 14.4 Å². The average molecular weight is 603 g/mol. The smallest absolute Gasteiger partial charge is 0.264 e. The fourth-order valence-corrected chi connectivity index (χ4v) is 8.46. The Morgan fingerprint density at radius 1 is 1.02 bits per heavy atom. The van der Waals surface area contributed by atoms with Gasteiger partial charge < -0.3 is 14.7 Å². The van der Waals surface area contributed by atoms with Crippen molar-refractivity contribution in [2.45, 2.75) is 65.4 Å². The van der Waals surface area contributed by atoms with Gasteiger partial charge in [0.15, 0.2) is 0 Å². The minimum Gasteiger partial charge on any atom is -0.487 e. The lowest BCUT2D eigenvalue weighted by Gasteiger charge is -2.45. The van der Waals surface area contributed by atoms with Gasteiger partial charge in [0, 0.05) is 30.3 Å². The van der Waals surface area contributed by atoms with Crippen molar-refractivity contribution in [2.75, 3.05) is 30.3 Å². The molecule has 5 atom stereocenters. The Morgan fingerprint density at radius 3 is 2.61 bits per heavy atom. The zero-order chi connectivity index (χ0) is 29.1. The molecule has 2 aliphatic heterocycles. The fraction of sp³-hybridized carbons (Fsp3) is 0.594. The molecule has 41 heavy (non-hydrogen) atoms. The van der Waals surface area contributed by atoms with Crippen molar-refractivity contribution < 1.29 is 23.1 Å². The highest BCUT2D eigenvalue weighted by Crippen LogP contribution is 2.44. The lowest BCUT2D eigenvalue weighted by Crippen LogP contribution is -2.43. The molecule has 2 bridgehead atoms. The Labute approximate surface area is 249 Å². The van der Waals surface area contributed by atoms with Gasteiger partial charge in [0.1, 0.15) is 12.4 Å². The Kier molecular flexibility index (Phi) is 9.51. The number of carbonyl (C=O) groups excluding carboxylic acids is 1. The first-order valence-electron chi connectivity index (χ1n) is 15.1. The summed E-state index contributed by atoms with van der Waals surface area (Å²) in [6, 6.07) is 11.1. The van der Waals surface area contributed by atoms with Gasteiger partial charge in [-0.05, 0) is 110 Å². The van der Waals surface area contributed by atoms with E-state index >= 15 is 0 Å². The molecule has 0 aromatic heterocycles. The third-order valence-corrected chi connectivity index (χ3v) is 11.4. The summed E-state index contributed by atoms with van der Waals surface area (Å²) in [6.45, 7) is 6.13. The van der Waals surface area contributed by atoms with E-state index in [4.69, 9.17) is 16.3 Å². The van der Waals surface area contributed by atoms with Crippen molar-refractivity contribution in [1.82, 2.24) is 4.72 Å². The monoisotopic (exact) mass is 602 g/mol. The zero-order valence-corrected chi connectivity index (χ0v) is 25.7. The van der Waals surface area contributed by atoms with Gasteiger partial charge in [0.05, 0.1) is 11.4 Å². The summed E-state index contributed by atoms with van der Waals surface area (Å²) in [7, 11) is -3.82. The third kappa shape index (κ3) is 7.20. The molecule has 2 N–H and O–H groups in total. The molecule has 0 saturated heterocycles. The van der Waals surface area contributed by atoms with Crippen molar-refractivity contribution in [2.24, 2.45) is 29.6 Å². The summed E-state index contributed by atoms with van der Waals surface area (Å²) in [5.74, 6) is 1.08. The predicted molar refractivity (Wildman–Crippen MR) is 163 cm³/mol. The summed E-state index contributed by atoms with van der Waals surface area (Å²) in [6.07, 6.45) is 6.79. The molecule has 2 aromatic carbocycles. The maximum absolute atomic E-state index is 13.2. The van der Waals surface area contributed by atoms with Crippen molar-refractivity contribution in [3.8, 4) is 5.75 Å². The van der Waals surface area contributed by atoms with Crippen LogP contribution in [-0.2, 0) is 23.1 Å². The van der Waals surface area contributed by atoms with Gasteiger partial charge in [0.2, 0.25) is 10.0 Å². The van der Waals surface area contributed by atoms with Gasteiger partial charge >= 0.3 is 0 Å².